The molecule has 28 heavy (non-hydrogen) atoms. The second-order valence-electron chi connectivity index (χ2n) is 7.67. The van der Waals surface area contributed by atoms with Crippen molar-refractivity contribution >= 4 is 23.5 Å². The van der Waals surface area contributed by atoms with Gasteiger partial charge in [0.25, 0.3) is 0 Å². The van der Waals surface area contributed by atoms with Gasteiger partial charge < -0.3 is 5.32 Å². The van der Waals surface area contributed by atoms with Crippen molar-refractivity contribution in [1.82, 2.24) is 14.7 Å². The van der Waals surface area contributed by atoms with Crippen molar-refractivity contribution in [2.45, 2.75) is 39.2 Å². The first-order valence-corrected chi connectivity index (χ1v) is 9.75. The van der Waals surface area contributed by atoms with E-state index in [0.29, 0.717) is 12.4 Å². The van der Waals surface area contributed by atoms with Crippen molar-refractivity contribution < 1.29 is 14.4 Å². The molecule has 1 saturated carbocycles. The minimum absolute atomic E-state index is 0.196. The van der Waals surface area contributed by atoms with Crippen LogP contribution in [0, 0.1) is 18.8 Å². The minimum atomic E-state index is -0.383. The highest BCUT2D eigenvalue weighted by Gasteiger charge is 2.48. The highest BCUT2D eigenvalue weighted by molar-refractivity contribution is 6.08. The van der Waals surface area contributed by atoms with Crippen LogP contribution in [0.5, 0.6) is 0 Å². The van der Waals surface area contributed by atoms with Gasteiger partial charge in [-0.2, -0.15) is 5.10 Å². The molecule has 4 rings (SSSR count). The van der Waals surface area contributed by atoms with Gasteiger partial charge in [-0.15, -0.1) is 0 Å². The Balaban J connectivity index is 1.41. The van der Waals surface area contributed by atoms with E-state index in [1.807, 2.05) is 25.1 Å². The summed E-state index contributed by atoms with van der Waals surface area (Å²) in [5.41, 5.74) is 2.23. The lowest BCUT2D eigenvalue weighted by Gasteiger charge is -2.19. The van der Waals surface area contributed by atoms with Gasteiger partial charge in [0.2, 0.25) is 17.7 Å². The molecule has 2 fully saturated rings. The van der Waals surface area contributed by atoms with E-state index in [0.717, 1.165) is 41.7 Å². The molecule has 7 heteroatoms. The molecule has 1 aromatic carbocycles. The van der Waals surface area contributed by atoms with Gasteiger partial charge in [-0.1, -0.05) is 42.7 Å². The predicted molar refractivity (Wildman–Crippen MR) is 103 cm³/mol. The van der Waals surface area contributed by atoms with Gasteiger partial charge >= 0.3 is 0 Å². The van der Waals surface area contributed by atoms with Crippen molar-refractivity contribution in [1.29, 1.82) is 0 Å². The Hall–Kier alpha value is -2.96. The largest absolute Gasteiger partial charge is 0.309 e. The zero-order chi connectivity index (χ0) is 19.7. The van der Waals surface area contributed by atoms with E-state index in [1.54, 1.807) is 16.9 Å². The van der Waals surface area contributed by atoms with Gasteiger partial charge in [0.15, 0.2) is 0 Å². The fourth-order valence-electron chi connectivity index (χ4n) is 4.26. The number of carbonyl (C=O) groups excluding carboxylic acids is 3. The zero-order valence-electron chi connectivity index (χ0n) is 15.9. The number of hydrogen-bond donors (Lipinski definition) is 1. The van der Waals surface area contributed by atoms with E-state index in [9.17, 15) is 14.4 Å². The van der Waals surface area contributed by atoms with Crippen LogP contribution in [0.25, 0.3) is 0 Å². The molecule has 0 spiro atoms. The first-order chi connectivity index (χ1) is 13.5. The number of hydrogen-bond acceptors (Lipinski definition) is 4. The molecule has 1 N–H and O–H groups in total. The maximum atomic E-state index is 12.5. The molecule has 2 atom stereocenters. The predicted octanol–water partition coefficient (Wildman–Crippen LogP) is 2.35. The first kappa shape index (κ1) is 18.4. The molecule has 2 heterocycles. The molecule has 1 aliphatic heterocycles. The van der Waals surface area contributed by atoms with Crippen molar-refractivity contribution in [3.8, 4) is 0 Å². The van der Waals surface area contributed by atoms with Gasteiger partial charge in [-0.25, -0.2) is 4.68 Å². The number of aromatic nitrogens is 2. The molecule has 2 aliphatic rings. The number of amides is 3. The van der Waals surface area contributed by atoms with Crippen molar-refractivity contribution in [2.24, 2.45) is 11.8 Å². The summed E-state index contributed by atoms with van der Waals surface area (Å²) in [7, 11) is 0. The third-order valence-corrected chi connectivity index (χ3v) is 5.63. The Morgan fingerprint density at radius 1 is 1.14 bits per heavy atom. The molecule has 3 amide bonds. The number of carbonyl (C=O) groups is 3. The summed E-state index contributed by atoms with van der Waals surface area (Å²) in [6.07, 6.45) is 5.05. The Labute approximate surface area is 163 Å². The van der Waals surface area contributed by atoms with Crippen LogP contribution in [0.3, 0.4) is 0 Å². The van der Waals surface area contributed by atoms with Gasteiger partial charge in [-0.3, -0.25) is 19.3 Å². The molecule has 2 aromatic rings. The highest BCUT2D eigenvalue weighted by Crippen LogP contribution is 2.37. The number of imide groups is 1. The van der Waals surface area contributed by atoms with Crippen LogP contribution in [0.1, 0.15) is 36.8 Å². The van der Waals surface area contributed by atoms with Crippen molar-refractivity contribution in [2.75, 3.05) is 11.9 Å². The summed E-state index contributed by atoms with van der Waals surface area (Å²) in [5, 5.41) is 7.06. The van der Waals surface area contributed by atoms with Gasteiger partial charge in [0, 0.05) is 6.07 Å². The maximum absolute atomic E-state index is 12.5. The number of rotatable bonds is 5. The van der Waals surface area contributed by atoms with E-state index in [-0.39, 0.29) is 36.1 Å². The van der Waals surface area contributed by atoms with E-state index >= 15 is 0 Å². The number of benzene rings is 1. The minimum Gasteiger partial charge on any atom is -0.309 e. The summed E-state index contributed by atoms with van der Waals surface area (Å²) < 4.78 is 1.69. The summed E-state index contributed by atoms with van der Waals surface area (Å²) >= 11 is 0. The monoisotopic (exact) mass is 380 g/mol. The standard InChI is InChI=1S/C21H24N4O3/c1-14-5-4-6-15(11-14)12-25-18(9-10-22-25)23-19(26)13-24-20(27)16-7-2-3-8-17(16)21(24)28/h4-6,9-11,16-17H,2-3,7-8,12-13H2,1H3,(H,23,26)/t16-,17-/m1/s1. The summed E-state index contributed by atoms with van der Waals surface area (Å²) in [4.78, 5) is 38.7. The first-order valence-electron chi connectivity index (χ1n) is 9.75. The van der Waals surface area contributed by atoms with E-state index in [2.05, 4.69) is 16.5 Å². The highest BCUT2D eigenvalue weighted by atomic mass is 16.2. The smallest absolute Gasteiger partial charge is 0.245 e. The SMILES string of the molecule is Cc1cccc(Cn2nccc2NC(=O)CN2C(=O)[C@@H]3CCCC[C@H]3C2=O)c1. The maximum Gasteiger partial charge on any atom is 0.245 e. The lowest BCUT2D eigenvalue weighted by atomic mass is 9.81. The Morgan fingerprint density at radius 2 is 1.86 bits per heavy atom. The number of anilines is 1. The van der Waals surface area contributed by atoms with Crippen molar-refractivity contribution in [3.05, 3.63) is 47.7 Å². The lowest BCUT2D eigenvalue weighted by Crippen LogP contribution is -2.38. The third kappa shape index (κ3) is 3.56. The molecular formula is C21H24N4O3. The van der Waals surface area contributed by atoms with Gasteiger partial charge in [0.1, 0.15) is 12.4 Å². The molecule has 1 aromatic heterocycles. The molecule has 0 unspecified atom stereocenters. The number of fused-ring (bicyclic) bond motifs is 1. The second kappa shape index (κ2) is 7.58. The van der Waals surface area contributed by atoms with Crippen molar-refractivity contribution in [3.63, 3.8) is 0 Å². The molecule has 146 valence electrons. The van der Waals surface area contributed by atoms with Crippen LogP contribution in [-0.2, 0) is 20.9 Å². The Morgan fingerprint density at radius 3 is 2.54 bits per heavy atom. The molecule has 0 bridgehead atoms. The average molecular weight is 380 g/mol. The molecule has 7 nitrogen and oxygen atoms in total. The summed E-state index contributed by atoms with van der Waals surface area (Å²) in [6.45, 7) is 2.31. The number of nitrogens with zero attached hydrogens (tertiary/aromatic N) is 3. The number of aryl methyl sites for hydroxylation is 1. The molecule has 0 radical (unpaired) electrons. The lowest BCUT2D eigenvalue weighted by molar-refractivity contribution is -0.142. The van der Waals surface area contributed by atoms with Crippen LogP contribution >= 0.6 is 0 Å². The van der Waals surface area contributed by atoms with Crippen LogP contribution in [0.2, 0.25) is 0 Å². The fraction of sp³-hybridized carbons (Fsp3) is 0.429. The Bertz CT molecular complexity index is 896. The van der Waals surface area contributed by atoms with Crippen LogP contribution < -0.4 is 5.32 Å². The third-order valence-electron chi connectivity index (χ3n) is 5.63. The topological polar surface area (TPSA) is 84.3 Å². The Kier molecular flexibility index (Phi) is 4.98. The molecule has 1 aliphatic carbocycles. The number of likely N-dealkylation sites (tertiary alicyclic amines) is 1. The van der Waals surface area contributed by atoms with E-state index in [1.165, 1.54) is 0 Å². The number of nitrogens with one attached hydrogen (secondary N) is 1. The van der Waals surface area contributed by atoms with Gasteiger partial charge in [0.05, 0.1) is 24.6 Å². The van der Waals surface area contributed by atoms with E-state index < -0.39 is 0 Å². The molecular weight excluding hydrogens is 356 g/mol. The quantitative estimate of drug-likeness (QED) is 0.807. The van der Waals surface area contributed by atoms with Gasteiger partial charge in [-0.05, 0) is 25.3 Å². The van der Waals surface area contributed by atoms with Crippen LogP contribution in [0.15, 0.2) is 36.5 Å². The molecule has 1 saturated heterocycles. The summed E-state index contributed by atoms with van der Waals surface area (Å²) in [5.74, 6) is -0.701. The fourth-order valence-corrected chi connectivity index (χ4v) is 4.26. The normalized spacial score (nSPS) is 21.7. The average Bonchev–Trinajstić information content (AvgIpc) is 3.20. The second-order valence-corrected chi connectivity index (χ2v) is 7.67. The van der Waals surface area contributed by atoms with E-state index in [4.69, 9.17) is 0 Å². The van der Waals surface area contributed by atoms with Crippen LogP contribution in [0.4, 0.5) is 5.82 Å². The zero-order valence-corrected chi connectivity index (χ0v) is 15.9. The summed E-state index contributed by atoms with van der Waals surface area (Å²) in [6, 6.07) is 9.79. The van der Waals surface area contributed by atoms with Crippen LogP contribution in [-0.4, -0.2) is 38.9 Å².